The van der Waals surface area contributed by atoms with Gasteiger partial charge in [0, 0.05) is 24.7 Å². The highest BCUT2D eigenvalue weighted by molar-refractivity contribution is 5.92. The maximum absolute atomic E-state index is 15.6. The van der Waals surface area contributed by atoms with Crippen molar-refractivity contribution in [2.75, 3.05) is 0 Å². The van der Waals surface area contributed by atoms with E-state index in [1.807, 2.05) is 13.8 Å². The second-order valence-electron chi connectivity index (χ2n) is 9.49. The smallest absolute Gasteiger partial charge is 0.302 e. The summed E-state index contributed by atoms with van der Waals surface area (Å²) >= 11 is 0. The number of hydrogen-bond acceptors (Lipinski definition) is 4. The molecule has 0 bridgehead atoms. The van der Waals surface area contributed by atoms with Crippen LogP contribution in [0.15, 0.2) is 11.6 Å². The number of alkyl halides is 2. The molecule has 9 atom stereocenters. The minimum Gasteiger partial charge on any atom is -0.462 e. The molecule has 0 spiro atoms. The molecule has 4 aliphatic carbocycles. The van der Waals surface area contributed by atoms with Crippen molar-refractivity contribution in [3.63, 3.8) is 0 Å². The van der Waals surface area contributed by atoms with Crippen LogP contribution in [0.25, 0.3) is 0 Å². The first-order valence-electron chi connectivity index (χ1n) is 9.98. The highest BCUT2D eigenvalue weighted by atomic mass is 19.1. The third kappa shape index (κ3) is 2.55. The average Bonchev–Trinajstić information content (AvgIpc) is 2.89. The molecule has 0 aromatic carbocycles. The highest BCUT2D eigenvalue weighted by Gasteiger charge is 2.67. The summed E-state index contributed by atoms with van der Waals surface area (Å²) in [5.74, 6) is -1.71. The lowest BCUT2D eigenvalue weighted by atomic mass is 9.45. The van der Waals surface area contributed by atoms with Crippen molar-refractivity contribution in [3.05, 3.63) is 11.6 Å². The monoisotopic (exact) mass is 382 g/mol. The summed E-state index contributed by atoms with van der Waals surface area (Å²) in [7, 11) is 0. The van der Waals surface area contributed by atoms with E-state index in [0.29, 0.717) is 19.3 Å². The van der Waals surface area contributed by atoms with Gasteiger partial charge in [0.25, 0.3) is 0 Å². The molecule has 1 N–H and O–H groups in total. The van der Waals surface area contributed by atoms with E-state index in [0.717, 1.165) is 0 Å². The van der Waals surface area contributed by atoms with Gasteiger partial charge >= 0.3 is 5.97 Å². The lowest BCUT2D eigenvalue weighted by Gasteiger charge is -2.60. The molecule has 150 valence electrons. The minimum absolute atomic E-state index is 0.108. The molecule has 0 heterocycles. The van der Waals surface area contributed by atoms with E-state index in [1.54, 1.807) is 0 Å². The standard InChI is InChI=1S/C21H28F2O4/c1-10(24)27-15-5-4-12-16-17(14(22)9-21(12,15)3)20(2)7-6-11(25)8-13(20)18(23)19(16)26/h8,12,14-19,26H,4-7,9H2,1-3H3/t12-,14-,15-,16-,17-,18-,19-,20-,21-/m0/s1. The van der Waals surface area contributed by atoms with Gasteiger partial charge in [0.05, 0.1) is 6.10 Å². The third-order valence-electron chi connectivity index (χ3n) is 8.13. The van der Waals surface area contributed by atoms with E-state index >= 15 is 8.78 Å². The van der Waals surface area contributed by atoms with Crippen molar-refractivity contribution in [3.8, 4) is 0 Å². The Morgan fingerprint density at radius 2 is 2.00 bits per heavy atom. The predicted octanol–water partition coefficient (Wildman–Crippen LogP) is 3.32. The quantitative estimate of drug-likeness (QED) is 0.707. The number of aliphatic hydroxyl groups is 1. The fraction of sp³-hybridized carbons (Fsp3) is 0.810. The molecule has 4 nitrogen and oxygen atoms in total. The molecule has 0 saturated heterocycles. The van der Waals surface area contributed by atoms with Gasteiger partial charge in [-0.2, -0.15) is 0 Å². The Bertz CT molecular complexity index is 706. The maximum atomic E-state index is 15.6. The predicted molar refractivity (Wildman–Crippen MR) is 94.2 cm³/mol. The van der Waals surface area contributed by atoms with Crippen LogP contribution in [0.3, 0.4) is 0 Å². The fourth-order valence-corrected chi connectivity index (χ4v) is 6.92. The molecule has 4 aliphatic rings. The number of hydrogen-bond donors (Lipinski definition) is 1. The second kappa shape index (κ2) is 6.10. The summed E-state index contributed by atoms with van der Waals surface area (Å²) in [5.41, 5.74) is -1.08. The molecule has 6 heteroatoms. The van der Waals surface area contributed by atoms with Crippen molar-refractivity contribution >= 4 is 11.8 Å². The van der Waals surface area contributed by atoms with E-state index in [4.69, 9.17) is 4.74 Å². The third-order valence-corrected chi connectivity index (χ3v) is 8.13. The van der Waals surface area contributed by atoms with E-state index < -0.39 is 53.2 Å². The molecule has 0 amide bonds. The Morgan fingerprint density at radius 1 is 1.30 bits per heavy atom. The number of aliphatic hydroxyl groups excluding tert-OH is 1. The van der Waals surface area contributed by atoms with Crippen molar-refractivity contribution in [2.45, 2.75) is 77.4 Å². The number of carbonyl (C=O) groups is 2. The zero-order chi connectivity index (χ0) is 19.7. The van der Waals surface area contributed by atoms with Gasteiger partial charge in [0.2, 0.25) is 0 Å². The molecule has 0 radical (unpaired) electrons. The van der Waals surface area contributed by atoms with Crippen LogP contribution in [0.1, 0.15) is 52.9 Å². The Labute approximate surface area is 158 Å². The summed E-state index contributed by atoms with van der Waals surface area (Å²) in [6.45, 7) is 5.12. The summed E-state index contributed by atoms with van der Waals surface area (Å²) in [5, 5.41) is 10.9. The number of carbonyl (C=O) groups excluding carboxylic acids is 2. The molecule has 27 heavy (non-hydrogen) atoms. The second-order valence-corrected chi connectivity index (χ2v) is 9.49. The van der Waals surface area contributed by atoms with Gasteiger partial charge in [-0.25, -0.2) is 8.78 Å². The summed E-state index contributed by atoms with van der Waals surface area (Å²) < 4.78 is 36.4. The van der Waals surface area contributed by atoms with Crippen molar-refractivity contribution in [1.82, 2.24) is 0 Å². The Balaban J connectivity index is 1.76. The van der Waals surface area contributed by atoms with E-state index in [9.17, 15) is 14.7 Å². The number of halogens is 2. The number of ketones is 1. The SMILES string of the molecule is CC(=O)O[C@H]1CC[C@H]2[C@@H]3[C@H](O)[C@@H](F)C4=CC(=O)CC[C@]4(C)[C@H]3[C@@H](F)C[C@]12C. The minimum atomic E-state index is -1.65. The Hall–Kier alpha value is -1.30. The van der Waals surface area contributed by atoms with Gasteiger partial charge < -0.3 is 9.84 Å². The molecule has 0 aromatic heterocycles. The largest absolute Gasteiger partial charge is 0.462 e. The van der Waals surface area contributed by atoms with Crippen molar-refractivity contribution in [2.24, 2.45) is 28.6 Å². The zero-order valence-electron chi connectivity index (χ0n) is 16.1. The molecular weight excluding hydrogens is 354 g/mol. The van der Waals surface area contributed by atoms with Crippen LogP contribution < -0.4 is 0 Å². The highest BCUT2D eigenvalue weighted by Crippen LogP contribution is 2.66. The normalized spacial score (nSPS) is 51.7. The van der Waals surface area contributed by atoms with Gasteiger partial charge in [-0.3, -0.25) is 9.59 Å². The lowest BCUT2D eigenvalue weighted by molar-refractivity contribution is -0.180. The zero-order valence-corrected chi connectivity index (χ0v) is 16.1. The topological polar surface area (TPSA) is 63.6 Å². The van der Waals surface area contributed by atoms with E-state index in [-0.39, 0.29) is 30.1 Å². The Kier molecular flexibility index (Phi) is 4.30. The summed E-state index contributed by atoms with van der Waals surface area (Å²) in [6.07, 6.45) is -1.08. The van der Waals surface area contributed by atoms with Crippen molar-refractivity contribution in [1.29, 1.82) is 0 Å². The van der Waals surface area contributed by atoms with E-state index in [2.05, 4.69) is 0 Å². The number of ether oxygens (including phenoxy) is 1. The number of esters is 1. The van der Waals surface area contributed by atoms with Gasteiger partial charge in [0.15, 0.2) is 5.78 Å². The summed E-state index contributed by atoms with van der Waals surface area (Å²) in [6, 6.07) is 0. The molecule has 0 aromatic rings. The fourth-order valence-electron chi connectivity index (χ4n) is 6.92. The molecule has 3 saturated carbocycles. The van der Waals surface area contributed by atoms with Crippen molar-refractivity contribution < 1.29 is 28.2 Å². The number of fused-ring (bicyclic) bond motifs is 5. The van der Waals surface area contributed by atoms with Crippen LogP contribution in [-0.4, -0.2) is 41.4 Å². The molecule has 0 aliphatic heterocycles. The lowest BCUT2D eigenvalue weighted by Crippen LogP contribution is -2.63. The molecular formula is C21H28F2O4. The number of rotatable bonds is 1. The van der Waals surface area contributed by atoms with Gasteiger partial charge in [-0.15, -0.1) is 0 Å². The van der Waals surface area contributed by atoms with Gasteiger partial charge in [-0.1, -0.05) is 13.8 Å². The molecule has 0 unspecified atom stereocenters. The van der Waals surface area contributed by atoms with Crippen LogP contribution >= 0.6 is 0 Å². The summed E-state index contributed by atoms with van der Waals surface area (Å²) in [4.78, 5) is 23.4. The van der Waals surface area contributed by atoms with Crippen LogP contribution in [-0.2, 0) is 14.3 Å². The van der Waals surface area contributed by atoms with Crippen LogP contribution in [0.4, 0.5) is 8.78 Å². The molecule has 4 rings (SSSR count). The first-order valence-corrected chi connectivity index (χ1v) is 9.98. The first kappa shape index (κ1) is 19.0. The van der Waals surface area contributed by atoms with Crippen LogP contribution in [0.2, 0.25) is 0 Å². The van der Waals surface area contributed by atoms with Crippen LogP contribution in [0.5, 0.6) is 0 Å². The Morgan fingerprint density at radius 3 is 2.67 bits per heavy atom. The van der Waals surface area contributed by atoms with Crippen LogP contribution in [0, 0.1) is 28.6 Å². The first-order chi connectivity index (χ1) is 12.6. The van der Waals surface area contributed by atoms with Gasteiger partial charge in [0.1, 0.15) is 18.4 Å². The van der Waals surface area contributed by atoms with Gasteiger partial charge in [-0.05, 0) is 54.6 Å². The maximum Gasteiger partial charge on any atom is 0.302 e. The molecule has 3 fully saturated rings. The van der Waals surface area contributed by atoms with E-state index in [1.165, 1.54) is 13.0 Å². The average molecular weight is 382 g/mol.